The largest absolute Gasteiger partial charge is 0.524 e. The summed E-state index contributed by atoms with van der Waals surface area (Å²) < 4.78 is 54.8. The van der Waals surface area contributed by atoms with Crippen molar-refractivity contribution in [3.63, 3.8) is 0 Å². The molecule has 0 fully saturated rings. The second-order valence-electron chi connectivity index (χ2n) is 0.963. The molecule has 0 bridgehead atoms. The second kappa shape index (κ2) is 3.83. The Kier molecular flexibility index (Phi) is 5.05. The predicted molar refractivity (Wildman–Crippen MR) is 27.7 cm³/mol. The first kappa shape index (κ1) is 13.2. The van der Waals surface area contributed by atoms with Gasteiger partial charge in [0.05, 0.1) is 11.9 Å². The van der Waals surface area contributed by atoms with Gasteiger partial charge >= 0.3 is 15.6 Å². The van der Waals surface area contributed by atoms with Crippen molar-refractivity contribution in [2.75, 3.05) is 0 Å². The van der Waals surface area contributed by atoms with Crippen molar-refractivity contribution in [1.29, 1.82) is 0 Å². The third kappa shape index (κ3) is 3.12. The molecule has 1 radical (unpaired) electrons. The van der Waals surface area contributed by atoms with Crippen LogP contribution in [0.4, 0.5) is 13.2 Å². The smallest absolute Gasteiger partial charge is 0.188 e. The molecule has 0 saturated carbocycles. The maximum absolute atomic E-state index is 11.0. The first-order chi connectivity index (χ1) is 3.81. The Bertz CT molecular complexity index is 184. The molecule has 0 unspecified atom stereocenters. The van der Waals surface area contributed by atoms with E-state index in [4.69, 9.17) is 0 Å². The average Bonchev–Trinajstić information content (AvgIpc) is 1.64. The Hall–Kier alpha value is 0.587. The van der Waals surface area contributed by atoms with Gasteiger partial charge in [0, 0.05) is 18.9 Å². The van der Waals surface area contributed by atoms with Gasteiger partial charge in [0.2, 0.25) is 0 Å². The van der Waals surface area contributed by atoms with Gasteiger partial charge < -0.3 is 0 Å². The van der Waals surface area contributed by atoms with Crippen LogP contribution in [0.25, 0.3) is 0 Å². The number of hydrogen-bond acceptors (Lipinski definition) is 3. The average molecular weight is 191 g/mol. The van der Waals surface area contributed by atoms with Crippen molar-refractivity contribution in [2.24, 2.45) is 0 Å². The molecule has 3 nitrogen and oxygen atoms in total. The topological polar surface area (TPSA) is 43.4 Å². The normalized spacial score (nSPS) is 12.4. The zero-order chi connectivity index (χ0) is 7.71. The monoisotopic (exact) mass is 191 g/mol. The van der Waals surface area contributed by atoms with Gasteiger partial charge in [-0.05, 0) is 0 Å². The zero-order valence-corrected chi connectivity index (χ0v) is 6.22. The fourth-order valence-corrected chi connectivity index (χ4v) is 0.321. The fourth-order valence-electron chi connectivity index (χ4n) is 0.0357. The van der Waals surface area contributed by atoms with Gasteiger partial charge in [0.15, 0.2) is 0 Å². The van der Waals surface area contributed by atoms with Crippen molar-refractivity contribution in [2.45, 2.75) is 5.51 Å². The summed E-state index contributed by atoms with van der Waals surface area (Å²) in [6.45, 7) is 0. The minimum atomic E-state index is -5.57. The number of halogens is 4. The van der Waals surface area contributed by atoms with Crippen LogP contribution in [0.5, 0.6) is 0 Å². The Morgan fingerprint density at radius 3 is 1.60 bits per heavy atom. The van der Waals surface area contributed by atoms with Crippen molar-refractivity contribution in [1.82, 2.24) is 0 Å². The summed E-state index contributed by atoms with van der Waals surface area (Å²) in [6, 6.07) is 0. The molecule has 0 aromatic carbocycles. The van der Waals surface area contributed by atoms with Gasteiger partial charge in [-0.15, -0.1) is 3.74 Å². The molecule has 0 aliphatic rings. The Labute approximate surface area is 72.0 Å². The molecule has 9 heteroatoms. The van der Waals surface area contributed by atoms with E-state index in [0.29, 0.717) is 0 Å². The van der Waals surface area contributed by atoms with E-state index in [0.717, 1.165) is 0 Å². The minimum absolute atomic E-state index is 0. The number of alkyl halides is 3. The molecule has 0 amide bonds. The first-order valence-corrected chi connectivity index (χ1v) is 3.14. The van der Waals surface area contributed by atoms with Crippen molar-refractivity contribution >= 4 is 40.8 Å². The maximum Gasteiger partial charge on any atom is 0.524 e. The summed E-state index contributed by atoms with van der Waals surface area (Å²) in [4.78, 5) is 0. The molecule has 0 aliphatic carbocycles. The van der Waals surface area contributed by atoms with Crippen LogP contribution in [0.3, 0.4) is 0 Å². The molecule has 0 N–H and O–H groups in total. The third-order valence-corrected chi connectivity index (χ3v) is 1.60. The van der Waals surface area contributed by atoms with E-state index >= 15 is 0 Å². The van der Waals surface area contributed by atoms with Crippen molar-refractivity contribution < 1.29 is 25.3 Å². The molecule has 57 valence electrons. The molecule has 0 aliphatic heterocycles. The molecule has 0 rings (SSSR count). The predicted octanol–water partition coefficient (Wildman–Crippen LogP) is 0.626. The van der Waals surface area contributed by atoms with Crippen LogP contribution in [0, 0.1) is 0 Å². The first-order valence-electron chi connectivity index (χ1n) is 1.43. The van der Waals surface area contributed by atoms with Crippen molar-refractivity contribution in [3.05, 3.63) is 0 Å². The maximum atomic E-state index is 11.0. The number of rotatable bonds is 1. The van der Waals surface area contributed by atoms with Crippen LogP contribution in [0.1, 0.15) is 0 Å². The van der Waals surface area contributed by atoms with E-state index in [1.165, 1.54) is 0 Å². The summed E-state index contributed by atoms with van der Waals surface area (Å²) in [5.74, 6) is 0. The van der Waals surface area contributed by atoms with E-state index in [-0.39, 0.29) is 18.9 Å². The van der Waals surface area contributed by atoms with Gasteiger partial charge in [-0.1, -0.05) is 0 Å². The molecule has 0 spiro atoms. The molecule has 0 aromatic rings. The third-order valence-electron chi connectivity index (χ3n) is 0.366. The summed E-state index contributed by atoms with van der Waals surface area (Å²) in [7, 11) is -5.57. The van der Waals surface area contributed by atoms with Crippen molar-refractivity contribution in [3.8, 4) is 0 Å². The van der Waals surface area contributed by atoms with Crippen LogP contribution in [0.2, 0.25) is 0 Å². The van der Waals surface area contributed by atoms with Crippen LogP contribution in [-0.4, -0.2) is 32.8 Å². The van der Waals surface area contributed by atoms with Gasteiger partial charge in [-0.25, -0.2) is 0 Å². The Morgan fingerprint density at radius 1 is 1.30 bits per heavy atom. The van der Waals surface area contributed by atoms with Crippen LogP contribution >= 0.6 is 11.9 Å². The van der Waals surface area contributed by atoms with E-state index in [1.807, 2.05) is 0 Å². The summed E-state index contributed by atoms with van der Waals surface area (Å²) in [5, 5.41) is 0. The molecule has 0 heterocycles. The zero-order valence-electron chi connectivity index (χ0n) is 4.64. The van der Waals surface area contributed by atoms with Crippen LogP contribution in [0.15, 0.2) is 0 Å². The van der Waals surface area contributed by atoms with E-state index in [1.54, 1.807) is 0 Å². The fraction of sp³-hybridized carbons (Fsp3) is 1.00. The van der Waals surface area contributed by atoms with Crippen LogP contribution < -0.4 is 0 Å². The van der Waals surface area contributed by atoms with E-state index < -0.39 is 15.6 Å². The van der Waals surface area contributed by atoms with Gasteiger partial charge in [-0.3, -0.25) is 0 Å². The minimum Gasteiger partial charge on any atom is -0.188 e. The molecular formula is CClF3LiO3S. The molecular weight excluding hydrogens is 191 g/mol. The summed E-state index contributed by atoms with van der Waals surface area (Å²) in [5.41, 5.74) is -5.44. The molecule has 10 heavy (non-hydrogen) atoms. The molecule has 0 saturated heterocycles. The molecule has 0 aromatic heterocycles. The van der Waals surface area contributed by atoms with E-state index in [9.17, 15) is 21.6 Å². The summed E-state index contributed by atoms with van der Waals surface area (Å²) in [6.07, 6.45) is 0. The summed E-state index contributed by atoms with van der Waals surface area (Å²) >= 11 is 3.97. The van der Waals surface area contributed by atoms with Gasteiger partial charge in [0.25, 0.3) is 0 Å². The van der Waals surface area contributed by atoms with Gasteiger partial charge in [0.1, 0.15) is 0 Å². The molecule has 0 atom stereocenters. The standard InChI is InChI=1S/CClF3O3S.Li/c2-8-9(6,7)1(3,4)5;. The van der Waals surface area contributed by atoms with Crippen LogP contribution in [-0.2, 0) is 13.9 Å². The van der Waals surface area contributed by atoms with Gasteiger partial charge in [-0.2, -0.15) is 21.6 Å². The van der Waals surface area contributed by atoms with E-state index in [2.05, 4.69) is 15.6 Å². The Morgan fingerprint density at radius 2 is 1.60 bits per heavy atom. The second-order valence-corrected chi connectivity index (χ2v) is 2.84. The quantitative estimate of drug-likeness (QED) is 0.451. The Balaban J connectivity index is 0. The SMILES string of the molecule is O=S(=O)(OCl)C(F)(F)F.[Li]. The number of hydrogen-bond donors (Lipinski definition) is 0.